The fraction of sp³-hybridized carbons (Fsp3) is 0.444. The third-order valence-electron chi connectivity index (χ3n) is 8.14. The van der Waals surface area contributed by atoms with Gasteiger partial charge in [-0.05, 0) is 113 Å². The zero-order chi connectivity index (χ0) is 29.3. The topological polar surface area (TPSA) is 0 Å². The number of fused-ring (bicyclic) bond motifs is 2. The fourth-order valence-corrected chi connectivity index (χ4v) is 5.61. The number of hydrogen-bond acceptors (Lipinski definition) is 0. The molecule has 0 aromatic heterocycles. The molecule has 5 aromatic carbocycles. The Balaban J connectivity index is 0.00000112. The predicted octanol–water partition coefficient (Wildman–Crippen LogP) is 10.6. The van der Waals surface area contributed by atoms with Gasteiger partial charge in [-0.1, -0.05) is 107 Å². The highest BCUT2D eigenvalue weighted by Gasteiger charge is 2.25. The van der Waals surface area contributed by atoms with Gasteiger partial charge in [0.1, 0.15) is 7.53 Å². The Kier molecular flexibility index (Phi) is 6.67. The van der Waals surface area contributed by atoms with Gasteiger partial charge in [0.15, 0.2) is 0 Å². The highest BCUT2D eigenvalue weighted by atomic mass is 31.0. The molecule has 0 N–H and O–H groups in total. The van der Waals surface area contributed by atoms with E-state index in [1.807, 2.05) is 0 Å². The maximum atomic E-state index is 6.05. The summed E-state index contributed by atoms with van der Waals surface area (Å²) in [6.07, 6.45) is 0. The van der Waals surface area contributed by atoms with Gasteiger partial charge in [0.2, 0.25) is 0 Å². The van der Waals surface area contributed by atoms with Gasteiger partial charge in [-0.15, -0.1) is 0 Å². The number of rotatable bonds is 0. The van der Waals surface area contributed by atoms with E-state index >= 15 is 0 Å². The van der Waals surface area contributed by atoms with Gasteiger partial charge in [-0.3, -0.25) is 0 Å². The van der Waals surface area contributed by atoms with Crippen molar-refractivity contribution in [2.24, 2.45) is 0 Å². The Morgan fingerprint density at radius 3 is 0.789 bits per heavy atom. The molecule has 38 heavy (non-hydrogen) atoms. The third-order valence-corrected chi connectivity index (χ3v) is 8.14. The molecule has 0 nitrogen and oxygen atoms in total. The van der Waals surface area contributed by atoms with E-state index in [9.17, 15) is 0 Å². The average Bonchev–Trinajstić information content (AvgIpc) is 2.79. The lowest BCUT2D eigenvalue weighted by Gasteiger charge is -2.28. The molecular formula is C36H47BP. The first-order chi connectivity index (χ1) is 17.8. The van der Waals surface area contributed by atoms with Crippen LogP contribution in [-0.4, -0.2) is 8.86 Å². The second kappa shape index (κ2) is 9.23. The Morgan fingerprint density at radius 2 is 0.632 bits per heavy atom. The van der Waals surface area contributed by atoms with Crippen LogP contribution >= 0.6 is 9.12 Å². The summed E-state index contributed by atoms with van der Waals surface area (Å²) in [5.41, 5.74) is 5.97. The van der Waals surface area contributed by atoms with Crippen LogP contribution < -0.4 is 0 Å². The Morgan fingerprint density at radius 1 is 0.447 bits per heavy atom. The van der Waals surface area contributed by atoms with Crippen LogP contribution in [0, 0.1) is 0 Å². The first-order valence-electron chi connectivity index (χ1n) is 14.5. The molecule has 0 heterocycles. The zero-order valence-electron chi connectivity index (χ0n) is 26.8. The maximum Gasteiger partial charge on any atom is 0.116 e. The van der Waals surface area contributed by atoms with Crippen LogP contribution in [0.5, 0.6) is 0 Å². The van der Waals surface area contributed by atoms with Crippen LogP contribution in [0.15, 0.2) is 48.5 Å². The molecule has 0 fully saturated rings. The molecule has 0 aliphatic rings. The van der Waals surface area contributed by atoms with E-state index in [-0.39, 0.29) is 21.7 Å². The molecule has 1 atom stereocenters. The van der Waals surface area contributed by atoms with Crippen molar-refractivity contribution < 1.29 is 0 Å². The monoisotopic (exact) mass is 523 g/mol. The molecule has 1 unspecified atom stereocenters. The average molecular weight is 524 g/mol. The zero-order valence-corrected chi connectivity index (χ0v) is 26.9. The molecule has 199 valence electrons. The quantitative estimate of drug-likeness (QED) is 0.0820. The van der Waals surface area contributed by atoms with Crippen molar-refractivity contribution in [1.82, 2.24) is 0 Å². The Labute approximate surface area is 236 Å². The minimum absolute atomic E-state index is 0.0830. The van der Waals surface area contributed by atoms with Gasteiger partial charge in [0, 0.05) is 0 Å². The van der Waals surface area contributed by atoms with E-state index < -0.39 is 0 Å². The standard InChI is InChI=1S/C36H44.BH3P/c1-33(2,3)23-13-21-14-24(34(4,5)6)19-29-30-20-26(36(10,11)12)16-22-15-25(35(7,8)9)18-28(32(22)30)27(17-23)31(21)29;1-2/h13-20H,1-12H3;1H,2H2/i;1T. The van der Waals surface area contributed by atoms with Crippen molar-refractivity contribution in [1.29, 1.82) is 1.34 Å². The molecule has 0 amide bonds. The summed E-state index contributed by atoms with van der Waals surface area (Å²) in [7, 11) is 3.29. The fourth-order valence-electron chi connectivity index (χ4n) is 5.61. The summed E-state index contributed by atoms with van der Waals surface area (Å²) in [6.45, 7) is 28.0. The van der Waals surface area contributed by atoms with E-state index in [4.69, 9.17) is 1.34 Å². The summed E-state index contributed by atoms with van der Waals surface area (Å²) in [5, 5.41) is 11.2. The SMILES string of the molecule is CC(C)(C)c1cc2cc(C(C)(C)C)cc3c4cc(C(C)(C)C)cc5cc(C(C)(C)C)cc(c(c1)c23)c54.[3H][B]P. The van der Waals surface area contributed by atoms with Crippen molar-refractivity contribution in [3.8, 4) is 0 Å². The summed E-state index contributed by atoms with van der Waals surface area (Å²) in [6, 6.07) is 19.8. The third kappa shape index (κ3) is 4.97. The van der Waals surface area contributed by atoms with E-state index in [0.717, 1.165) is 0 Å². The van der Waals surface area contributed by atoms with Crippen molar-refractivity contribution in [3.63, 3.8) is 0 Å². The van der Waals surface area contributed by atoms with Gasteiger partial charge in [-0.25, -0.2) is 0 Å². The molecule has 0 spiro atoms. The van der Waals surface area contributed by atoms with E-state index in [1.54, 1.807) is 0 Å². The smallest absolute Gasteiger partial charge is 0.116 e. The molecule has 5 aromatic rings. The largest absolute Gasteiger partial charge is 0.183 e. The van der Waals surface area contributed by atoms with E-state index in [0.29, 0.717) is 0 Å². The van der Waals surface area contributed by atoms with Crippen LogP contribution in [-0.2, 0) is 21.7 Å². The molecule has 2 heteroatoms. The van der Waals surface area contributed by atoms with Gasteiger partial charge in [-0.2, -0.15) is 9.12 Å². The normalized spacial score (nSPS) is 13.8. The highest BCUT2D eigenvalue weighted by molar-refractivity contribution is 7.49. The van der Waals surface area contributed by atoms with Crippen LogP contribution in [0.3, 0.4) is 0 Å². The minimum Gasteiger partial charge on any atom is -0.183 e. The minimum atomic E-state index is 0.0830. The summed E-state index contributed by atoms with van der Waals surface area (Å²) < 4.78 is 6.05. The van der Waals surface area contributed by atoms with Crippen molar-refractivity contribution >= 4 is 59.7 Å². The summed E-state index contributed by atoms with van der Waals surface area (Å²) in [5.74, 6) is 0. The predicted molar refractivity (Wildman–Crippen MR) is 179 cm³/mol. The molecule has 0 saturated heterocycles. The number of hydrogen-bond donors (Lipinski definition) is 0. The molecule has 0 aliphatic heterocycles. The second-order valence-corrected chi connectivity index (χ2v) is 15.3. The summed E-state index contributed by atoms with van der Waals surface area (Å²) in [4.78, 5) is 0. The Bertz CT molecular complexity index is 1430. The lowest BCUT2D eigenvalue weighted by Crippen LogP contribution is -2.14. The maximum absolute atomic E-state index is 6.05. The molecular weight excluding hydrogens is 474 g/mol. The second-order valence-electron chi connectivity index (χ2n) is 15.3. The van der Waals surface area contributed by atoms with Crippen LogP contribution in [0.25, 0.3) is 43.1 Å². The lowest BCUT2D eigenvalue weighted by atomic mass is 9.76. The van der Waals surface area contributed by atoms with Crippen molar-refractivity contribution in [2.45, 2.75) is 105 Å². The first-order valence-corrected chi connectivity index (χ1v) is 14.6. The van der Waals surface area contributed by atoms with Crippen LogP contribution in [0.1, 0.15) is 105 Å². The number of benzene rings is 5. The highest BCUT2D eigenvalue weighted by Crippen LogP contribution is 2.46. The molecule has 0 aliphatic carbocycles. The Hall–Kier alpha value is -2.11. The van der Waals surface area contributed by atoms with Crippen LogP contribution in [0.2, 0.25) is 0 Å². The first kappa shape index (κ1) is 27.5. The molecule has 5 rings (SSSR count). The molecule has 0 saturated carbocycles. The van der Waals surface area contributed by atoms with Gasteiger partial charge < -0.3 is 0 Å². The summed E-state index contributed by atoms with van der Waals surface area (Å²) >= 11 is 0. The van der Waals surface area contributed by atoms with Gasteiger partial charge >= 0.3 is 0 Å². The molecule has 0 bridgehead atoms. The lowest BCUT2D eigenvalue weighted by molar-refractivity contribution is 0.589. The van der Waals surface area contributed by atoms with E-state index in [1.165, 1.54) is 72.9 Å². The molecule has 1 radical (unpaired) electrons. The van der Waals surface area contributed by atoms with E-state index in [2.05, 4.69) is 141 Å². The van der Waals surface area contributed by atoms with Crippen molar-refractivity contribution in [3.05, 3.63) is 70.8 Å². The van der Waals surface area contributed by atoms with Gasteiger partial charge in [0.05, 0.1) is 0 Å². The van der Waals surface area contributed by atoms with Crippen LogP contribution in [0.4, 0.5) is 0 Å². The van der Waals surface area contributed by atoms with Crippen molar-refractivity contribution in [2.75, 3.05) is 0 Å². The van der Waals surface area contributed by atoms with Gasteiger partial charge in [0.25, 0.3) is 0 Å².